The van der Waals surface area contributed by atoms with E-state index in [1.54, 1.807) is 28.6 Å². The second kappa shape index (κ2) is 8.07. The molecule has 3 aromatic carbocycles. The molecular weight excluding hydrogens is 434 g/mol. The van der Waals surface area contributed by atoms with E-state index in [4.69, 9.17) is 16.1 Å². The Bertz CT molecular complexity index is 1340. The molecule has 1 aliphatic rings. The monoisotopic (exact) mass is 453 g/mol. The van der Waals surface area contributed by atoms with E-state index in [1.165, 1.54) is 0 Å². The van der Waals surface area contributed by atoms with Gasteiger partial charge in [-0.3, -0.25) is 0 Å². The molecule has 1 saturated heterocycles. The van der Waals surface area contributed by atoms with Crippen LogP contribution in [0.25, 0.3) is 22.2 Å². The fraction of sp³-hybridized carbons (Fsp3) is 0.217. The third-order valence-corrected chi connectivity index (χ3v) is 7.89. The first-order valence-corrected chi connectivity index (χ1v) is 11.9. The number of sulfonamides is 1. The molecule has 4 aromatic rings. The van der Waals surface area contributed by atoms with Gasteiger partial charge in [-0.05, 0) is 36.4 Å². The van der Waals surface area contributed by atoms with E-state index in [9.17, 15) is 8.42 Å². The molecule has 0 saturated carbocycles. The molecule has 1 aromatic heterocycles. The maximum atomic E-state index is 13.3. The summed E-state index contributed by atoms with van der Waals surface area (Å²) in [7, 11) is -3.58. The molecule has 5 rings (SSSR count). The maximum Gasteiger partial charge on any atom is 0.243 e. The van der Waals surface area contributed by atoms with Gasteiger partial charge in [-0.1, -0.05) is 65.3 Å². The Morgan fingerprint density at radius 3 is 2.52 bits per heavy atom. The van der Waals surface area contributed by atoms with Crippen molar-refractivity contribution < 1.29 is 12.9 Å². The minimum Gasteiger partial charge on any atom is -0.339 e. The molecule has 158 valence electrons. The Balaban J connectivity index is 1.33. The molecule has 0 spiro atoms. The average Bonchev–Trinajstić information content (AvgIpc) is 3.29. The first-order valence-electron chi connectivity index (χ1n) is 10.1. The summed E-state index contributed by atoms with van der Waals surface area (Å²) in [6.45, 7) is 0.816. The molecule has 0 bridgehead atoms. The summed E-state index contributed by atoms with van der Waals surface area (Å²) < 4.78 is 33.7. The van der Waals surface area contributed by atoms with Crippen LogP contribution in [0.1, 0.15) is 24.7 Å². The zero-order chi connectivity index (χ0) is 21.4. The molecule has 2 heterocycles. The van der Waals surface area contributed by atoms with Crippen molar-refractivity contribution in [1.29, 1.82) is 0 Å². The molecule has 0 radical (unpaired) electrons. The highest BCUT2D eigenvalue weighted by molar-refractivity contribution is 7.89. The Morgan fingerprint density at radius 1 is 0.968 bits per heavy atom. The molecule has 1 fully saturated rings. The predicted octanol–water partition coefficient (Wildman–Crippen LogP) is 5.11. The Kier molecular flexibility index (Phi) is 5.25. The molecule has 0 N–H and O–H groups in total. The van der Waals surface area contributed by atoms with Crippen LogP contribution in [0.5, 0.6) is 0 Å². The van der Waals surface area contributed by atoms with Crippen LogP contribution in [0.4, 0.5) is 0 Å². The smallest absolute Gasteiger partial charge is 0.243 e. The normalized spacial score (nSPS) is 16.0. The summed E-state index contributed by atoms with van der Waals surface area (Å²) in [5, 5.41) is 6.34. The zero-order valence-corrected chi connectivity index (χ0v) is 18.2. The summed E-state index contributed by atoms with van der Waals surface area (Å²) >= 11 is 6.05. The predicted molar refractivity (Wildman–Crippen MR) is 119 cm³/mol. The van der Waals surface area contributed by atoms with Crippen LogP contribution in [0, 0.1) is 0 Å². The lowest BCUT2D eigenvalue weighted by Gasteiger charge is -2.29. The van der Waals surface area contributed by atoms with E-state index in [-0.39, 0.29) is 5.92 Å². The topological polar surface area (TPSA) is 76.3 Å². The molecule has 0 unspecified atom stereocenters. The van der Waals surface area contributed by atoms with Gasteiger partial charge in [-0.25, -0.2) is 8.42 Å². The van der Waals surface area contributed by atoms with Crippen LogP contribution >= 0.6 is 11.6 Å². The summed E-state index contributed by atoms with van der Waals surface area (Å²) in [5.74, 6) is 1.06. The van der Waals surface area contributed by atoms with Gasteiger partial charge in [-0.15, -0.1) is 0 Å². The van der Waals surface area contributed by atoms with Crippen molar-refractivity contribution in [2.45, 2.75) is 23.7 Å². The summed E-state index contributed by atoms with van der Waals surface area (Å²) in [6.07, 6.45) is 1.25. The number of aromatic nitrogens is 2. The van der Waals surface area contributed by atoms with Gasteiger partial charge in [0.2, 0.25) is 21.7 Å². The Morgan fingerprint density at radius 2 is 1.71 bits per heavy atom. The number of benzene rings is 3. The van der Waals surface area contributed by atoms with Gasteiger partial charge in [0.05, 0.1) is 4.90 Å². The molecule has 0 amide bonds. The third kappa shape index (κ3) is 3.84. The number of nitrogens with zero attached hydrogens (tertiary/aromatic N) is 3. The molecule has 6 nitrogen and oxygen atoms in total. The summed E-state index contributed by atoms with van der Waals surface area (Å²) in [6, 6.07) is 20.2. The fourth-order valence-corrected chi connectivity index (χ4v) is 5.92. The number of hydrogen-bond acceptors (Lipinski definition) is 5. The maximum absolute atomic E-state index is 13.3. The SMILES string of the molecule is O=S(=O)(c1cccc2ccccc12)N1CCC(c2nc(-c3cccc(Cl)c3)no2)CC1. The lowest BCUT2D eigenvalue weighted by atomic mass is 9.98. The standard InChI is InChI=1S/C23H20ClN3O3S/c24-19-8-3-7-18(15-19)22-25-23(30-26-22)17-11-13-27(14-12-17)31(28,29)21-10-4-6-16-5-1-2-9-20(16)21/h1-10,15,17H,11-14H2. The minimum absolute atomic E-state index is 0.0272. The van der Waals surface area contributed by atoms with Gasteiger partial charge >= 0.3 is 0 Å². The molecule has 8 heteroatoms. The minimum atomic E-state index is -3.58. The van der Waals surface area contributed by atoms with E-state index in [0.29, 0.717) is 47.6 Å². The van der Waals surface area contributed by atoms with E-state index in [0.717, 1.165) is 16.3 Å². The zero-order valence-electron chi connectivity index (χ0n) is 16.6. The largest absolute Gasteiger partial charge is 0.339 e. The number of halogens is 1. The molecule has 0 atom stereocenters. The number of fused-ring (bicyclic) bond motifs is 1. The van der Waals surface area contributed by atoms with Crippen LogP contribution < -0.4 is 0 Å². The van der Waals surface area contributed by atoms with Crippen LogP contribution in [-0.2, 0) is 10.0 Å². The van der Waals surface area contributed by atoms with Gasteiger partial charge in [0.25, 0.3) is 0 Å². The van der Waals surface area contributed by atoms with E-state index >= 15 is 0 Å². The fourth-order valence-electron chi connectivity index (χ4n) is 4.05. The second-order valence-corrected chi connectivity index (χ2v) is 9.97. The Hall–Kier alpha value is -2.74. The third-order valence-electron chi connectivity index (χ3n) is 5.70. The van der Waals surface area contributed by atoms with Crippen molar-refractivity contribution in [1.82, 2.24) is 14.4 Å². The van der Waals surface area contributed by atoms with Gasteiger partial charge < -0.3 is 4.52 Å². The number of rotatable bonds is 4. The van der Waals surface area contributed by atoms with Gasteiger partial charge in [0.1, 0.15) is 0 Å². The Labute approximate surface area is 185 Å². The number of piperidine rings is 1. The first-order chi connectivity index (χ1) is 15.0. The second-order valence-electron chi connectivity index (χ2n) is 7.62. The summed E-state index contributed by atoms with van der Waals surface area (Å²) in [5.41, 5.74) is 0.790. The quantitative estimate of drug-likeness (QED) is 0.429. The van der Waals surface area contributed by atoms with Crippen molar-refractivity contribution in [2.75, 3.05) is 13.1 Å². The van der Waals surface area contributed by atoms with Crippen molar-refractivity contribution in [3.8, 4) is 11.4 Å². The van der Waals surface area contributed by atoms with E-state index in [2.05, 4.69) is 10.1 Å². The van der Waals surface area contributed by atoms with Gasteiger partial charge in [-0.2, -0.15) is 9.29 Å². The molecular formula is C23H20ClN3O3S. The molecule has 0 aliphatic carbocycles. The van der Waals surface area contributed by atoms with Gasteiger partial charge in [0, 0.05) is 35.0 Å². The first kappa shape index (κ1) is 20.2. The van der Waals surface area contributed by atoms with Crippen LogP contribution in [0.3, 0.4) is 0 Å². The summed E-state index contributed by atoms with van der Waals surface area (Å²) in [4.78, 5) is 4.88. The van der Waals surface area contributed by atoms with E-state index < -0.39 is 10.0 Å². The van der Waals surface area contributed by atoms with Gasteiger partial charge in [0.15, 0.2) is 0 Å². The molecule has 1 aliphatic heterocycles. The number of hydrogen-bond donors (Lipinski definition) is 0. The highest BCUT2D eigenvalue weighted by atomic mass is 35.5. The molecule has 31 heavy (non-hydrogen) atoms. The van der Waals surface area contributed by atoms with Crippen molar-refractivity contribution in [3.05, 3.63) is 77.6 Å². The lowest BCUT2D eigenvalue weighted by molar-refractivity contribution is 0.271. The van der Waals surface area contributed by atoms with E-state index in [1.807, 2.05) is 42.5 Å². The van der Waals surface area contributed by atoms with Crippen molar-refractivity contribution in [3.63, 3.8) is 0 Å². The van der Waals surface area contributed by atoms with Crippen LogP contribution in [0.15, 0.2) is 76.1 Å². The highest BCUT2D eigenvalue weighted by Gasteiger charge is 2.33. The van der Waals surface area contributed by atoms with Crippen molar-refractivity contribution >= 4 is 32.4 Å². The van der Waals surface area contributed by atoms with Crippen molar-refractivity contribution in [2.24, 2.45) is 0 Å². The lowest BCUT2D eigenvalue weighted by Crippen LogP contribution is -2.38. The highest BCUT2D eigenvalue weighted by Crippen LogP contribution is 2.33. The average molecular weight is 454 g/mol. The van der Waals surface area contributed by atoms with Crippen LogP contribution in [0.2, 0.25) is 5.02 Å². The van der Waals surface area contributed by atoms with Crippen LogP contribution in [-0.4, -0.2) is 36.0 Å².